The average Bonchev–Trinajstić information content (AvgIpc) is 3.39. The number of carbonyl (C=O) groups is 2. The Bertz CT molecular complexity index is 1750. The van der Waals surface area contributed by atoms with Gasteiger partial charge >= 0.3 is 11.4 Å². The summed E-state index contributed by atoms with van der Waals surface area (Å²) < 4.78 is 0. The maximum Gasteiger partial charge on any atom is 0.351 e. The summed E-state index contributed by atoms with van der Waals surface area (Å²) in [5.74, 6) is -0.665. The average molecular weight is 616 g/mol. The first-order chi connectivity index (χ1) is 21.8. The molecule has 0 saturated carbocycles. The van der Waals surface area contributed by atoms with Crippen molar-refractivity contribution < 1.29 is 9.59 Å². The number of azo groups is 1. The molecular formula is C30H37N11O4. The summed E-state index contributed by atoms with van der Waals surface area (Å²) in [6, 6.07) is 10.1. The van der Waals surface area contributed by atoms with Crippen LogP contribution in [0.25, 0.3) is 11.0 Å². The van der Waals surface area contributed by atoms with Crippen LogP contribution in [0, 0.1) is 0 Å². The number of amides is 1. The Morgan fingerprint density at radius 1 is 0.911 bits per heavy atom. The van der Waals surface area contributed by atoms with Crippen LogP contribution < -0.4 is 27.3 Å². The van der Waals surface area contributed by atoms with E-state index in [2.05, 4.69) is 56.0 Å². The van der Waals surface area contributed by atoms with Gasteiger partial charge in [0.05, 0.1) is 16.7 Å². The van der Waals surface area contributed by atoms with Crippen molar-refractivity contribution in [1.82, 2.24) is 29.8 Å². The summed E-state index contributed by atoms with van der Waals surface area (Å²) in [5.41, 5.74) is 1.63. The number of hydrogen-bond acceptors (Lipinski definition) is 11. The molecule has 1 aliphatic heterocycles. The molecule has 1 saturated heterocycles. The zero-order chi connectivity index (χ0) is 31.6. The van der Waals surface area contributed by atoms with Crippen molar-refractivity contribution in [2.24, 2.45) is 10.2 Å². The van der Waals surface area contributed by atoms with E-state index in [9.17, 15) is 19.2 Å². The van der Waals surface area contributed by atoms with Crippen molar-refractivity contribution in [2.45, 2.75) is 51.5 Å². The van der Waals surface area contributed by atoms with Crippen LogP contribution in [0.5, 0.6) is 0 Å². The van der Waals surface area contributed by atoms with Gasteiger partial charge in [-0.1, -0.05) is 12.8 Å². The molecule has 2 aromatic heterocycles. The van der Waals surface area contributed by atoms with Gasteiger partial charge in [0.2, 0.25) is 17.9 Å². The molecule has 4 aromatic rings. The lowest BCUT2D eigenvalue weighted by atomic mass is 10.1. The highest BCUT2D eigenvalue weighted by atomic mass is 16.2. The van der Waals surface area contributed by atoms with Crippen LogP contribution in [-0.2, 0) is 9.59 Å². The first kappa shape index (κ1) is 31.3. The van der Waals surface area contributed by atoms with Crippen molar-refractivity contribution in [3.63, 3.8) is 0 Å². The molecule has 5 rings (SSSR count). The number of carbonyl (C=O) groups excluding carboxylic acids is 2. The minimum Gasteiger partial charge on any atom is -0.354 e. The summed E-state index contributed by atoms with van der Waals surface area (Å²) in [5, 5.41) is 16.8. The van der Waals surface area contributed by atoms with Gasteiger partial charge in [-0.15, -0.1) is 0 Å². The Labute approximate surface area is 258 Å². The molecule has 1 atom stereocenters. The third-order valence-electron chi connectivity index (χ3n) is 7.37. The SMILES string of the molecule is CC(=O)C(N=Nc1ccc(Nc2nc(NCCCCCN3CCCCC3)nc(=O)[nH]2)cc1)C(=O)Nc1ccc2[nH]c(=O)[nH]c2c1. The van der Waals surface area contributed by atoms with E-state index >= 15 is 0 Å². The Morgan fingerprint density at radius 2 is 1.67 bits per heavy atom. The number of nitrogens with zero attached hydrogens (tertiary/aromatic N) is 5. The van der Waals surface area contributed by atoms with E-state index in [1.807, 2.05) is 0 Å². The topological polar surface area (TPSA) is 205 Å². The zero-order valence-electron chi connectivity index (χ0n) is 25.1. The molecule has 2 aromatic carbocycles. The van der Waals surface area contributed by atoms with E-state index in [0.29, 0.717) is 34.6 Å². The van der Waals surface area contributed by atoms with Gasteiger partial charge in [0.25, 0.3) is 5.91 Å². The Hall–Kier alpha value is -5.18. The number of unbranched alkanes of at least 4 members (excludes halogenated alkanes) is 2. The van der Waals surface area contributed by atoms with Crippen LogP contribution in [0.4, 0.5) is 29.0 Å². The molecule has 0 bridgehead atoms. The van der Waals surface area contributed by atoms with Gasteiger partial charge in [-0.25, -0.2) is 9.59 Å². The number of rotatable bonds is 14. The van der Waals surface area contributed by atoms with Gasteiger partial charge in [-0.3, -0.25) is 14.6 Å². The second-order valence-corrected chi connectivity index (χ2v) is 10.9. The van der Waals surface area contributed by atoms with E-state index in [-0.39, 0.29) is 17.6 Å². The van der Waals surface area contributed by atoms with E-state index in [0.717, 1.165) is 25.8 Å². The van der Waals surface area contributed by atoms with Gasteiger partial charge < -0.3 is 30.8 Å². The van der Waals surface area contributed by atoms with E-state index in [1.54, 1.807) is 42.5 Å². The van der Waals surface area contributed by atoms with Gasteiger partial charge in [-0.2, -0.15) is 20.2 Å². The molecule has 0 spiro atoms. The molecule has 6 N–H and O–H groups in total. The number of imidazole rings is 1. The molecule has 0 radical (unpaired) electrons. The Kier molecular flexibility index (Phi) is 10.4. The van der Waals surface area contributed by atoms with Crippen LogP contribution in [0.2, 0.25) is 0 Å². The number of piperidine rings is 1. The van der Waals surface area contributed by atoms with Gasteiger partial charge in [-0.05, 0) is 94.7 Å². The number of Topliss-reactive ketones (excluding diaryl/α,β-unsaturated/α-hetero) is 1. The van der Waals surface area contributed by atoms with Crippen LogP contribution in [-0.4, -0.2) is 73.7 Å². The van der Waals surface area contributed by atoms with Crippen molar-refractivity contribution in [3.8, 4) is 0 Å². The minimum absolute atomic E-state index is 0.229. The summed E-state index contributed by atoms with van der Waals surface area (Å²) in [4.78, 5) is 67.1. The standard InChI is InChI=1S/C30H37N11O4/c1-19(42)25(26(43)32-22-12-13-23-24(18-22)35-29(44)34-23)40-39-21-10-8-20(9-11-21)33-28-36-27(37-30(45)38-28)31-14-4-2-5-15-41-16-6-3-7-17-41/h8-13,18,25H,2-7,14-17H2,1H3,(H,32,43)(H2,34,35,44)(H3,31,33,36,37,38,45). The number of aromatic amines is 3. The number of ketones is 1. The summed E-state index contributed by atoms with van der Waals surface area (Å²) in [7, 11) is 0. The van der Waals surface area contributed by atoms with Crippen molar-refractivity contribution >= 4 is 51.7 Å². The number of fused-ring (bicyclic) bond motifs is 1. The third kappa shape index (κ3) is 9.15. The van der Waals surface area contributed by atoms with Crippen molar-refractivity contribution in [2.75, 3.05) is 42.1 Å². The second kappa shape index (κ2) is 15.0. The number of nitrogens with one attached hydrogen (secondary N) is 6. The quantitative estimate of drug-likeness (QED) is 0.0691. The number of likely N-dealkylation sites (tertiary alicyclic amines) is 1. The first-order valence-electron chi connectivity index (χ1n) is 15.1. The molecule has 1 aliphatic rings. The van der Waals surface area contributed by atoms with Crippen molar-refractivity contribution in [1.29, 1.82) is 0 Å². The molecule has 1 amide bonds. The predicted octanol–water partition coefficient (Wildman–Crippen LogP) is 3.83. The van der Waals surface area contributed by atoms with Crippen molar-refractivity contribution in [3.05, 3.63) is 63.4 Å². The molecule has 236 valence electrons. The number of H-pyrrole nitrogens is 3. The molecule has 45 heavy (non-hydrogen) atoms. The predicted molar refractivity (Wildman–Crippen MR) is 172 cm³/mol. The summed E-state index contributed by atoms with van der Waals surface area (Å²) in [6.07, 6.45) is 7.14. The largest absolute Gasteiger partial charge is 0.354 e. The highest BCUT2D eigenvalue weighted by molar-refractivity contribution is 6.10. The maximum atomic E-state index is 12.8. The third-order valence-corrected chi connectivity index (χ3v) is 7.37. The number of hydrogen-bond donors (Lipinski definition) is 6. The summed E-state index contributed by atoms with van der Waals surface area (Å²) >= 11 is 0. The molecule has 15 nitrogen and oxygen atoms in total. The summed E-state index contributed by atoms with van der Waals surface area (Å²) in [6.45, 7) is 5.48. The monoisotopic (exact) mass is 615 g/mol. The van der Waals surface area contributed by atoms with E-state index < -0.39 is 23.4 Å². The lowest BCUT2D eigenvalue weighted by Crippen LogP contribution is -2.31. The van der Waals surface area contributed by atoms with Crippen LogP contribution in [0.3, 0.4) is 0 Å². The van der Waals surface area contributed by atoms with E-state index in [1.165, 1.54) is 39.3 Å². The molecule has 1 unspecified atom stereocenters. The molecule has 0 aliphatic carbocycles. The second-order valence-electron chi connectivity index (χ2n) is 10.9. The highest BCUT2D eigenvalue weighted by Gasteiger charge is 2.23. The number of benzene rings is 2. The normalized spacial score (nSPS) is 14.4. The van der Waals surface area contributed by atoms with Crippen LogP contribution in [0.1, 0.15) is 45.4 Å². The fraction of sp³-hybridized carbons (Fsp3) is 0.400. The minimum atomic E-state index is -1.37. The molecule has 15 heteroatoms. The van der Waals surface area contributed by atoms with Crippen LogP contribution in [0.15, 0.2) is 62.3 Å². The lowest BCUT2D eigenvalue weighted by molar-refractivity contribution is -0.126. The maximum absolute atomic E-state index is 12.8. The molecule has 1 fully saturated rings. The number of aromatic nitrogens is 5. The van der Waals surface area contributed by atoms with Crippen LogP contribution >= 0.6 is 0 Å². The molecule has 3 heterocycles. The van der Waals surface area contributed by atoms with Gasteiger partial charge in [0, 0.05) is 17.9 Å². The molecular weight excluding hydrogens is 578 g/mol. The fourth-order valence-electron chi connectivity index (χ4n) is 5.05. The smallest absolute Gasteiger partial charge is 0.351 e. The first-order valence-corrected chi connectivity index (χ1v) is 15.1. The lowest BCUT2D eigenvalue weighted by Gasteiger charge is -2.26. The highest BCUT2D eigenvalue weighted by Crippen LogP contribution is 2.20. The van der Waals surface area contributed by atoms with Gasteiger partial charge in [0.15, 0.2) is 5.78 Å². The van der Waals surface area contributed by atoms with E-state index in [4.69, 9.17) is 0 Å². The van der Waals surface area contributed by atoms with Gasteiger partial charge in [0.1, 0.15) is 0 Å². The Balaban J connectivity index is 1.11. The zero-order valence-corrected chi connectivity index (χ0v) is 25.1. The number of anilines is 4. The Morgan fingerprint density at radius 3 is 2.44 bits per heavy atom. The fourth-order valence-corrected chi connectivity index (χ4v) is 5.05.